The Kier molecular flexibility index (Phi) is 14.7. The first-order valence-electron chi connectivity index (χ1n) is 17.1. The highest BCUT2D eigenvalue weighted by Gasteiger charge is 2.20. The monoisotopic (exact) mass is 736 g/mol. The predicted octanol–water partition coefficient (Wildman–Crippen LogP) is 8.12. The molecule has 0 amide bonds. The van der Waals surface area contributed by atoms with Crippen molar-refractivity contribution in [2.45, 2.75) is 59.0 Å². The summed E-state index contributed by atoms with van der Waals surface area (Å²) in [5.74, 6) is -1.56. The Morgan fingerprint density at radius 3 is 1.46 bits per heavy atom. The van der Waals surface area contributed by atoms with E-state index in [9.17, 15) is 24.0 Å². The Hall–Kier alpha value is -6.69. The molecule has 0 aliphatic rings. The Bertz CT molecular complexity index is 1950. The minimum atomic E-state index is -0.902. The summed E-state index contributed by atoms with van der Waals surface area (Å²) in [6.07, 6.45) is 2.68. The topological polar surface area (TPSA) is 150 Å². The van der Waals surface area contributed by atoms with E-state index in [0.29, 0.717) is 36.3 Å². The van der Waals surface area contributed by atoms with E-state index in [0.717, 1.165) is 18.6 Å². The average Bonchev–Trinajstić information content (AvgIpc) is 3.16. The fourth-order valence-corrected chi connectivity index (χ4v) is 4.70. The molecule has 0 aliphatic carbocycles. The largest absolute Gasteiger partial charge is 0.455 e. The molecule has 12 nitrogen and oxygen atoms in total. The zero-order chi connectivity index (χ0) is 39.0. The van der Waals surface area contributed by atoms with E-state index in [1.807, 2.05) is 13.8 Å². The van der Waals surface area contributed by atoms with Crippen LogP contribution in [0, 0.1) is 6.92 Å². The lowest BCUT2D eigenvalue weighted by Crippen LogP contribution is -2.24. The summed E-state index contributed by atoms with van der Waals surface area (Å²) in [6, 6.07) is 22.8. The van der Waals surface area contributed by atoms with E-state index in [1.54, 1.807) is 37.3 Å². The molecule has 0 aromatic heterocycles. The van der Waals surface area contributed by atoms with Gasteiger partial charge in [0, 0.05) is 25.0 Å². The van der Waals surface area contributed by atoms with Crippen molar-refractivity contribution in [3.63, 3.8) is 0 Å². The highest BCUT2D eigenvalue weighted by molar-refractivity contribution is 5.92. The van der Waals surface area contributed by atoms with Crippen LogP contribution in [0.2, 0.25) is 0 Å². The van der Waals surface area contributed by atoms with Crippen LogP contribution in [0.3, 0.4) is 0 Å². The van der Waals surface area contributed by atoms with Gasteiger partial charge in [-0.15, -0.1) is 0 Å². The highest BCUT2D eigenvalue weighted by Crippen LogP contribution is 2.26. The van der Waals surface area contributed by atoms with Gasteiger partial charge in [-0.25, -0.2) is 24.0 Å². The molecule has 0 heterocycles. The van der Waals surface area contributed by atoms with Crippen LogP contribution in [0.5, 0.6) is 28.7 Å². The summed E-state index contributed by atoms with van der Waals surface area (Å²) < 4.78 is 38.5. The van der Waals surface area contributed by atoms with Gasteiger partial charge in [0.15, 0.2) is 0 Å². The van der Waals surface area contributed by atoms with Gasteiger partial charge in [0.2, 0.25) is 12.6 Å². The van der Waals surface area contributed by atoms with Crippen LogP contribution in [0.15, 0.2) is 116 Å². The number of esters is 5. The molecule has 0 saturated heterocycles. The van der Waals surface area contributed by atoms with Gasteiger partial charge >= 0.3 is 29.8 Å². The summed E-state index contributed by atoms with van der Waals surface area (Å²) >= 11 is 0. The first-order chi connectivity index (χ1) is 26.0. The molecule has 12 heteroatoms. The SMILES string of the molecule is C=CC(=O)Oc1ccc(C(=O)Oc2ccc(OC(=O)c3ccc(OC(CCC)OC(=O)c4ccc(OC(CCC)OC(=O)C=C)cc4)cc3)cc2C)cc1. The molecule has 4 aromatic carbocycles. The molecule has 0 N–H and O–H groups in total. The lowest BCUT2D eigenvalue weighted by molar-refractivity contribution is -0.158. The molecule has 0 fully saturated rings. The van der Waals surface area contributed by atoms with Gasteiger partial charge in [-0.05, 0) is 116 Å². The first kappa shape index (κ1) is 40.1. The molecule has 54 heavy (non-hydrogen) atoms. The second-order valence-corrected chi connectivity index (χ2v) is 11.6. The smallest absolute Gasteiger partial charge is 0.343 e. The number of hydrogen-bond acceptors (Lipinski definition) is 12. The fourth-order valence-electron chi connectivity index (χ4n) is 4.70. The standard InChI is InChI=1S/C42H40O12/c1-6-10-38(53-37(44)9-4)49-32-22-16-30(17-23-32)42(47)54-39(11-7-2)50-33-20-14-28(15-21-33)40(45)51-34-24-25-35(27(5)26-34)52-41(46)29-12-18-31(19-13-29)48-36(43)8-3/h8-9,12-26,38-39H,3-4,6-7,10-11H2,1-2,5H3. The van der Waals surface area contributed by atoms with Crippen LogP contribution in [-0.2, 0) is 19.1 Å². The third kappa shape index (κ3) is 11.9. The third-order valence-electron chi connectivity index (χ3n) is 7.45. The van der Waals surface area contributed by atoms with Gasteiger partial charge < -0.3 is 33.2 Å². The van der Waals surface area contributed by atoms with E-state index in [-0.39, 0.29) is 33.9 Å². The molecule has 0 bridgehead atoms. The van der Waals surface area contributed by atoms with Gasteiger partial charge in [-0.1, -0.05) is 27.0 Å². The minimum absolute atomic E-state index is 0.234. The first-order valence-corrected chi connectivity index (χ1v) is 17.1. The molecule has 4 rings (SSSR count). The molecular formula is C42H40O12. The number of rotatable bonds is 18. The number of benzene rings is 4. The lowest BCUT2D eigenvalue weighted by atomic mass is 10.2. The zero-order valence-electron chi connectivity index (χ0n) is 30.1. The van der Waals surface area contributed by atoms with Gasteiger partial charge in [0.1, 0.15) is 28.7 Å². The molecule has 0 spiro atoms. The fraction of sp³-hybridized carbons (Fsp3) is 0.214. The van der Waals surface area contributed by atoms with Crippen molar-refractivity contribution in [1.82, 2.24) is 0 Å². The van der Waals surface area contributed by atoms with Gasteiger partial charge in [0.25, 0.3) is 0 Å². The third-order valence-corrected chi connectivity index (χ3v) is 7.45. The zero-order valence-corrected chi connectivity index (χ0v) is 30.1. The van der Waals surface area contributed by atoms with Crippen LogP contribution < -0.4 is 23.7 Å². The highest BCUT2D eigenvalue weighted by atomic mass is 16.7. The number of hydrogen-bond donors (Lipinski definition) is 0. The van der Waals surface area contributed by atoms with E-state index in [4.69, 9.17) is 33.2 Å². The maximum atomic E-state index is 12.9. The van der Waals surface area contributed by atoms with Crippen molar-refractivity contribution in [2.75, 3.05) is 0 Å². The van der Waals surface area contributed by atoms with Crippen molar-refractivity contribution in [3.8, 4) is 28.7 Å². The number of aryl methyl sites for hydroxylation is 1. The molecule has 0 aliphatic heterocycles. The van der Waals surface area contributed by atoms with E-state index in [1.165, 1.54) is 60.7 Å². The summed E-state index contributed by atoms with van der Waals surface area (Å²) in [5.41, 5.74) is 1.28. The van der Waals surface area contributed by atoms with Crippen molar-refractivity contribution < 1.29 is 57.1 Å². The van der Waals surface area contributed by atoms with E-state index < -0.39 is 42.4 Å². The molecule has 280 valence electrons. The Morgan fingerprint density at radius 2 is 0.981 bits per heavy atom. The van der Waals surface area contributed by atoms with Crippen molar-refractivity contribution in [3.05, 3.63) is 139 Å². The van der Waals surface area contributed by atoms with Crippen LogP contribution >= 0.6 is 0 Å². The Labute approximate surface area is 312 Å². The van der Waals surface area contributed by atoms with Crippen molar-refractivity contribution in [1.29, 1.82) is 0 Å². The van der Waals surface area contributed by atoms with Crippen LogP contribution in [0.4, 0.5) is 0 Å². The van der Waals surface area contributed by atoms with E-state index in [2.05, 4.69) is 13.2 Å². The van der Waals surface area contributed by atoms with Crippen molar-refractivity contribution >= 4 is 29.8 Å². The van der Waals surface area contributed by atoms with Crippen LogP contribution in [-0.4, -0.2) is 42.4 Å². The van der Waals surface area contributed by atoms with Gasteiger partial charge in [-0.3, -0.25) is 0 Å². The average molecular weight is 737 g/mol. The quantitative estimate of drug-likeness (QED) is 0.0420. The Morgan fingerprint density at radius 1 is 0.537 bits per heavy atom. The summed E-state index contributed by atoms with van der Waals surface area (Å²) in [5, 5.41) is 0. The number of carbonyl (C=O) groups excluding carboxylic acids is 5. The van der Waals surface area contributed by atoms with Crippen LogP contribution in [0.1, 0.15) is 76.2 Å². The maximum absolute atomic E-state index is 12.9. The predicted molar refractivity (Wildman–Crippen MR) is 197 cm³/mol. The molecular weight excluding hydrogens is 696 g/mol. The Balaban J connectivity index is 1.30. The van der Waals surface area contributed by atoms with Crippen molar-refractivity contribution in [2.24, 2.45) is 0 Å². The van der Waals surface area contributed by atoms with Crippen LogP contribution in [0.25, 0.3) is 0 Å². The molecule has 2 atom stereocenters. The maximum Gasteiger partial charge on any atom is 0.343 e. The molecule has 0 radical (unpaired) electrons. The van der Waals surface area contributed by atoms with E-state index >= 15 is 0 Å². The summed E-state index contributed by atoms with van der Waals surface area (Å²) in [7, 11) is 0. The molecule has 2 unspecified atom stereocenters. The second kappa shape index (κ2) is 19.8. The molecule has 0 saturated carbocycles. The normalized spacial score (nSPS) is 11.5. The summed E-state index contributed by atoms with van der Waals surface area (Å²) in [4.78, 5) is 61.5. The summed E-state index contributed by atoms with van der Waals surface area (Å²) in [6.45, 7) is 12.3. The second-order valence-electron chi connectivity index (χ2n) is 11.6. The minimum Gasteiger partial charge on any atom is -0.455 e. The molecule has 4 aromatic rings. The number of ether oxygens (including phenoxy) is 7. The van der Waals surface area contributed by atoms with Gasteiger partial charge in [0.05, 0.1) is 16.7 Å². The van der Waals surface area contributed by atoms with Gasteiger partial charge in [-0.2, -0.15) is 0 Å². The lowest BCUT2D eigenvalue weighted by Gasteiger charge is -2.20. The number of carbonyl (C=O) groups is 5.